The summed E-state index contributed by atoms with van der Waals surface area (Å²) in [7, 11) is 3.37. The Kier molecular flexibility index (Phi) is 12.1. The van der Waals surface area contributed by atoms with Gasteiger partial charge in [-0.25, -0.2) is 14.4 Å². The molecule has 17 nitrogen and oxygen atoms in total. The van der Waals surface area contributed by atoms with Gasteiger partial charge in [-0.15, -0.1) is 0 Å². The smallest absolute Gasteiger partial charge is 0.410 e. The van der Waals surface area contributed by atoms with Crippen LogP contribution in [0.3, 0.4) is 0 Å². The molecular formula is C34H48N8O9. The zero-order valence-corrected chi connectivity index (χ0v) is 28.9. The van der Waals surface area contributed by atoms with E-state index in [0.29, 0.717) is 24.5 Å². The summed E-state index contributed by atoms with van der Waals surface area (Å²) in [6.45, 7) is 2.34. The Bertz CT molecular complexity index is 1510. The molecule has 0 aliphatic carbocycles. The normalized spacial score (nSPS) is 23.0. The van der Waals surface area contributed by atoms with Gasteiger partial charge in [-0.1, -0.05) is 24.3 Å². The number of urea groups is 2. The molecule has 3 saturated heterocycles. The van der Waals surface area contributed by atoms with Gasteiger partial charge in [0.25, 0.3) is 5.91 Å². The molecular weight excluding hydrogens is 664 g/mol. The Hall–Kier alpha value is -4.84. The zero-order chi connectivity index (χ0) is 36.8. The van der Waals surface area contributed by atoms with Crippen LogP contribution >= 0.6 is 0 Å². The van der Waals surface area contributed by atoms with Crippen LogP contribution in [0.15, 0.2) is 48.5 Å². The van der Waals surface area contributed by atoms with Crippen LogP contribution in [0.5, 0.6) is 0 Å². The predicted octanol–water partition coefficient (Wildman–Crippen LogP) is -0.249. The van der Waals surface area contributed by atoms with Crippen molar-refractivity contribution >= 4 is 35.4 Å². The first-order chi connectivity index (χ1) is 24.3. The monoisotopic (exact) mass is 712 g/mol. The molecule has 0 saturated carbocycles. The number of hydrogen-bond acceptors (Lipinski definition) is 11. The molecule has 6 amide bonds. The summed E-state index contributed by atoms with van der Waals surface area (Å²) in [6.07, 6.45) is -8.89. The van der Waals surface area contributed by atoms with Crippen molar-refractivity contribution in [2.24, 2.45) is 0 Å². The third-order valence-corrected chi connectivity index (χ3v) is 9.40. The van der Waals surface area contributed by atoms with Gasteiger partial charge < -0.3 is 65.7 Å². The molecule has 0 radical (unpaired) electrons. The number of carbonyl (C=O) groups is 4. The average molecular weight is 713 g/mol. The maximum Gasteiger partial charge on any atom is 0.410 e. The summed E-state index contributed by atoms with van der Waals surface area (Å²) in [5, 5.41) is 32.4. The highest BCUT2D eigenvalue weighted by molar-refractivity contribution is 5.82. The summed E-state index contributed by atoms with van der Waals surface area (Å²) in [6, 6.07) is 14.0. The van der Waals surface area contributed by atoms with E-state index in [4.69, 9.17) is 20.9 Å². The maximum atomic E-state index is 13.3. The van der Waals surface area contributed by atoms with Crippen LogP contribution in [-0.2, 0) is 27.4 Å². The molecule has 2 aromatic carbocycles. The van der Waals surface area contributed by atoms with Gasteiger partial charge in [0.15, 0.2) is 12.4 Å². The lowest BCUT2D eigenvalue weighted by Crippen LogP contribution is -2.61. The van der Waals surface area contributed by atoms with Crippen LogP contribution in [0.2, 0.25) is 0 Å². The first-order valence-electron chi connectivity index (χ1n) is 16.9. The molecule has 5 rings (SSSR count). The number of rotatable bonds is 7. The number of carbonyl (C=O) groups excluding carboxylic acids is 4. The van der Waals surface area contributed by atoms with E-state index in [2.05, 4.69) is 0 Å². The van der Waals surface area contributed by atoms with E-state index >= 15 is 0 Å². The molecule has 51 heavy (non-hydrogen) atoms. The number of ether oxygens (including phenoxy) is 2. The quantitative estimate of drug-likeness (QED) is 0.236. The van der Waals surface area contributed by atoms with Gasteiger partial charge in [-0.05, 0) is 35.4 Å². The Morgan fingerprint density at radius 1 is 0.745 bits per heavy atom. The fraction of sp³-hybridized carbons (Fsp3) is 0.529. The van der Waals surface area contributed by atoms with Crippen LogP contribution in [0, 0.1) is 0 Å². The molecule has 0 aromatic heterocycles. The first kappa shape index (κ1) is 37.4. The molecule has 0 spiro atoms. The maximum absolute atomic E-state index is 13.3. The lowest BCUT2D eigenvalue weighted by Gasteiger charge is -2.42. The average Bonchev–Trinajstić information content (AvgIpc) is 3.13. The second-order valence-electron chi connectivity index (χ2n) is 13.2. The number of nitrogens with zero attached hydrogens (tertiary/aromatic N) is 6. The van der Waals surface area contributed by atoms with Crippen molar-refractivity contribution in [1.29, 1.82) is 0 Å². The largest absolute Gasteiger partial charge is 0.443 e. The number of aliphatic hydroxyl groups is 3. The van der Waals surface area contributed by atoms with Crippen LogP contribution < -0.4 is 11.5 Å². The van der Waals surface area contributed by atoms with E-state index in [1.54, 1.807) is 58.0 Å². The first-order valence-corrected chi connectivity index (χ1v) is 16.9. The SMILES string of the molecule is CN(Cc1ccc(N)cc1)C(=O)N1CCN(C(=O)O[C@@H]2C[C@@H](O)O[C@H](C(O)C(=O)N3CCN(C(=O)N(C)Cc4ccc(N)cc4)CC3)[C@H]2O)CC1. The topological polar surface area (TPSA) is 219 Å². The fourth-order valence-electron chi connectivity index (χ4n) is 6.39. The number of nitrogen functional groups attached to an aromatic ring is 2. The fourth-order valence-corrected chi connectivity index (χ4v) is 6.39. The Morgan fingerprint density at radius 2 is 1.16 bits per heavy atom. The number of hydrogen-bond donors (Lipinski definition) is 5. The van der Waals surface area contributed by atoms with Crippen molar-refractivity contribution in [1.82, 2.24) is 29.4 Å². The third kappa shape index (κ3) is 9.29. The molecule has 3 heterocycles. The van der Waals surface area contributed by atoms with Crippen molar-refractivity contribution in [3.05, 3.63) is 59.7 Å². The number of aliphatic hydroxyl groups excluding tert-OH is 3. The Morgan fingerprint density at radius 3 is 1.61 bits per heavy atom. The van der Waals surface area contributed by atoms with Gasteiger partial charge in [-0.3, -0.25) is 4.79 Å². The standard InChI is InChI=1S/C34H48N8O9/c1-37(20-22-3-7-24(35)8-4-22)32(47)40-13-11-39(12-14-40)31(46)29(45)30-28(44)26(19-27(43)51-30)50-34(49)42-17-15-41(16-18-42)33(48)38(2)21-23-5-9-25(36)10-6-23/h3-10,26-30,43-45H,11-21,35-36H2,1-2H3/t26-,27+,28+,29?,30+/m1/s1. The Labute approximate surface area is 296 Å². The van der Waals surface area contributed by atoms with E-state index in [-0.39, 0.29) is 70.8 Å². The lowest BCUT2D eigenvalue weighted by atomic mass is 9.96. The minimum Gasteiger partial charge on any atom is -0.443 e. The molecule has 17 heteroatoms. The van der Waals surface area contributed by atoms with Gasteiger partial charge in [0, 0.05) is 97.3 Å². The number of benzene rings is 2. The third-order valence-electron chi connectivity index (χ3n) is 9.40. The molecule has 3 fully saturated rings. The highest BCUT2D eigenvalue weighted by atomic mass is 16.6. The molecule has 1 unspecified atom stereocenters. The number of amides is 6. The highest BCUT2D eigenvalue weighted by Crippen LogP contribution is 2.26. The van der Waals surface area contributed by atoms with E-state index in [1.807, 2.05) is 24.3 Å². The molecule has 2 aromatic rings. The molecule has 0 bridgehead atoms. The second kappa shape index (κ2) is 16.5. The summed E-state index contributed by atoms with van der Waals surface area (Å²) < 4.78 is 10.9. The van der Waals surface area contributed by atoms with Crippen molar-refractivity contribution < 1.29 is 44.0 Å². The van der Waals surface area contributed by atoms with Crippen molar-refractivity contribution in [2.45, 2.75) is 50.2 Å². The van der Waals surface area contributed by atoms with Gasteiger partial charge in [0.2, 0.25) is 0 Å². The van der Waals surface area contributed by atoms with Crippen LogP contribution in [0.1, 0.15) is 17.5 Å². The molecule has 278 valence electrons. The summed E-state index contributed by atoms with van der Waals surface area (Å²) in [4.78, 5) is 61.5. The Balaban J connectivity index is 1.07. The van der Waals surface area contributed by atoms with Crippen LogP contribution in [0.25, 0.3) is 0 Å². The van der Waals surface area contributed by atoms with Crippen molar-refractivity contribution in [3.63, 3.8) is 0 Å². The molecule has 3 aliphatic heterocycles. The number of anilines is 2. The summed E-state index contributed by atoms with van der Waals surface area (Å²) in [5.74, 6) is -0.747. The van der Waals surface area contributed by atoms with Crippen molar-refractivity contribution in [2.75, 3.05) is 77.9 Å². The van der Waals surface area contributed by atoms with Crippen LogP contribution in [0.4, 0.5) is 25.8 Å². The minimum absolute atomic E-state index is 0.132. The lowest BCUT2D eigenvalue weighted by molar-refractivity contribution is -0.253. The van der Waals surface area contributed by atoms with E-state index in [9.17, 15) is 34.5 Å². The highest BCUT2D eigenvalue weighted by Gasteiger charge is 2.47. The van der Waals surface area contributed by atoms with Gasteiger partial charge in [0.05, 0.1) is 0 Å². The van der Waals surface area contributed by atoms with Crippen molar-refractivity contribution in [3.8, 4) is 0 Å². The minimum atomic E-state index is -1.87. The van der Waals surface area contributed by atoms with E-state index < -0.39 is 42.7 Å². The second-order valence-corrected chi connectivity index (χ2v) is 13.2. The number of piperazine rings is 2. The summed E-state index contributed by atoms with van der Waals surface area (Å²) >= 11 is 0. The molecule has 5 atom stereocenters. The van der Waals surface area contributed by atoms with Gasteiger partial charge >= 0.3 is 18.2 Å². The number of nitrogens with two attached hydrogens (primary N) is 2. The van der Waals surface area contributed by atoms with Gasteiger partial charge in [-0.2, -0.15) is 0 Å². The van der Waals surface area contributed by atoms with Gasteiger partial charge in [0.1, 0.15) is 18.3 Å². The van der Waals surface area contributed by atoms with E-state index in [1.165, 1.54) is 9.80 Å². The molecule has 3 aliphatic rings. The predicted molar refractivity (Wildman–Crippen MR) is 185 cm³/mol. The van der Waals surface area contributed by atoms with Crippen LogP contribution in [-0.4, -0.2) is 166 Å². The summed E-state index contributed by atoms with van der Waals surface area (Å²) in [5.41, 5.74) is 14.6. The van der Waals surface area contributed by atoms with E-state index in [0.717, 1.165) is 11.1 Å². The zero-order valence-electron chi connectivity index (χ0n) is 28.9. The molecule has 7 N–H and O–H groups in total.